The maximum Gasteiger partial charge on any atom is 0.433 e. The van der Waals surface area contributed by atoms with E-state index in [1.165, 1.54) is 0 Å². The molecule has 0 atom stereocenters. The average Bonchev–Trinajstić information content (AvgIpc) is 2.63. The molecule has 0 bridgehead atoms. The van der Waals surface area contributed by atoms with Gasteiger partial charge in [0.05, 0.1) is 0 Å². The molecule has 0 aliphatic carbocycles. The third-order valence-electron chi connectivity index (χ3n) is 4.16. The molecular formula is C21H19F3N2OS. The van der Waals surface area contributed by atoms with Crippen molar-refractivity contribution in [2.75, 3.05) is 0 Å². The largest absolute Gasteiger partial charge is 0.439 e. The van der Waals surface area contributed by atoms with Gasteiger partial charge in [-0.2, -0.15) is 18.2 Å². The van der Waals surface area contributed by atoms with E-state index in [0.717, 1.165) is 40.1 Å². The molecule has 0 saturated heterocycles. The molecule has 146 valence electrons. The fourth-order valence-corrected chi connectivity index (χ4v) is 3.20. The molecule has 28 heavy (non-hydrogen) atoms. The fourth-order valence-electron chi connectivity index (χ4n) is 2.40. The standard InChI is InChI=1S/C21H19F3N2OS/c1-13-4-7-16(8-5-13)12-28-20-25-18(21(22,23)24)11-19(26-20)27-17-9-6-14(2)15(3)10-17/h4-11H,12H2,1-3H3. The van der Waals surface area contributed by atoms with Gasteiger partial charge in [-0.05, 0) is 49.6 Å². The monoisotopic (exact) mass is 404 g/mol. The van der Waals surface area contributed by atoms with E-state index in [1.54, 1.807) is 12.1 Å². The lowest BCUT2D eigenvalue weighted by Crippen LogP contribution is -2.10. The molecule has 3 rings (SSSR count). The van der Waals surface area contributed by atoms with Gasteiger partial charge in [-0.3, -0.25) is 0 Å². The van der Waals surface area contributed by atoms with Crippen LogP contribution >= 0.6 is 11.8 Å². The van der Waals surface area contributed by atoms with Crippen molar-refractivity contribution in [3.05, 3.63) is 76.5 Å². The molecule has 2 aromatic carbocycles. The number of nitrogens with zero attached hydrogens (tertiary/aromatic N) is 2. The predicted molar refractivity (Wildman–Crippen MR) is 104 cm³/mol. The summed E-state index contributed by atoms with van der Waals surface area (Å²) in [5.41, 5.74) is 3.13. The minimum atomic E-state index is -4.58. The van der Waals surface area contributed by atoms with Gasteiger partial charge in [-0.1, -0.05) is 47.7 Å². The summed E-state index contributed by atoms with van der Waals surface area (Å²) >= 11 is 1.14. The minimum absolute atomic E-state index is 0.0224. The molecule has 0 spiro atoms. The SMILES string of the molecule is Cc1ccc(CSc2nc(Oc3ccc(C)c(C)c3)cc(C(F)(F)F)n2)cc1. The number of rotatable bonds is 5. The molecule has 0 aliphatic heterocycles. The van der Waals surface area contributed by atoms with Gasteiger partial charge in [0.15, 0.2) is 10.9 Å². The van der Waals surface area contributed by atoms with Crippen LogP contribution in [0.3, 0.4) is 0 Å². The van der Waals surface area contributed by atoms with Gasteiger partial charge in [-0.15, -0.1) is 0 Å². The molecule has 3 nitrogen and oxygen atoms in total. The van der Waals surface area contributed by atoms with Crippen LogP contribution in [0.15, 0.2) is 53.7 Å². The highest BCUT2D eigenvalue weighted by Crippen LogP contribution is 2.33. The van der Waals surface area contributed by atoms with Crippen molar-refractivity contribution in [3.63, 3.8) is 0 Å². The van der Waals surface area contributed by atoms with Crippen LogP contribution in [-0.4, -0.2) is 9.97 Å². The van der Waals surface area contributed by atoms with E-state index < -0.39 is 11.9 Å². The maximum absolute atomic E-state index is 13.3. The van der Waals surface area contributed by atoms with Crippen molar-refractivity contribution in [2.45, 2.75) is 37.9 Å². The summed E-state index contributed by atoms with van der Waals surface area (Å²) in [7, 11) is 0. The van der Waals surface area contributed by atoms with Crippen LogP contribution < -0.4 is 4.74 Å². The summed E-state index contributed by atoms with van der Waals surface area (Å²) in [5.74, 6) is 0.770. The summed E-state index contributed by atoms with van der Waals surface area (Å²) < 4.78 is 45.4. The van der Waals surface area contributed by atoms with E-state index in [1.807, 2.05) is 51.1 Å². The second kappa shape index (κ2) is 8.22. The number of aromatic nitrogens is 2. The van der Waals surface area contributed by atoms with Crippen LogP contribution in [-0.2, 0) is 11.9 Å². The zero-order chi connectivity index (χ0) is 20.3. The number of benzene rings is 2. The van der Waals surface area contributed by atoms with Crippen LogP contribution in [0, 0.1) is 20.8 Å². The first-order valence-corrected chi connectivity index (χ1v) is 9.59. The number of hydrogen-bond donors (Lipinski definition) is 0. The number of aryl methyl sites for hydroxylation is 3. The topological polar surface area (TPSA) is 35.0 Å². The zero-order valence-corrected chi connectivity index (χ0v) is 16.5. The molecule has 0 N–H and O–H groups in total. The normalized spacial score (nSPS) is 11.5. The smallest absolute Gasteiger partial charge is 0.433 e. The van der Waals surface area contributed by atoms with Crippen molar-refractivity contribution in [1.82, 2.24) is 9.97 Å². The Hall–Kier alpha value is -2.54. The molecule has 0 amide bonds. The van der Waals surface area contributed by atoms with E-state index in [-0.39, 0.29) is 11.0 Å². The van der Waals surface area contributed by atoms with E-state index in [0.29, 0.717) is 11.5 Å². The average molecular weight is 404 g/mol. The minimum Gasteiger partial charge on any atom is -0.439 e. The first-order valence-electron chi connectivity index (χ1n) is 8.60. The van der Waals surface area contributed by atoms with Gasteiger partial charge in [-0.25, -0.2) is 4.98 Å². The lowest BCUT2D eigenvalue weighted by molar-refractivity contribution is -0.141. The van der Waals surface area contributed by atoms with Crippen LogP contribution in [0.1, 0.15) is 27.9 Å². The Labute approximate surface area is 166 Å². The predicted octanol–water partition coefficient (Wildman–Crippen LogP) is 6.51. The Morgan fingerprint density at radius 1 is 0.893 bits per heavy atom. The van der Waals surface area contributed by atoms with Crippen molar-refractivity contribution in [1.29, 1.82) is 0 Å². The first-order chi connectivity index (χ1) is 13.2. The van der Waals surface area contributed by atoms with Crippen LogP contribution in [0.5, 0.6) is 11.6 Å². The Bertz CT molecular complexity index is 972. The van der Waals surface area contributed by atoms with Gasteiger partial charge >= 0.3 is 6.18 Å². The Morgan fingerprint density at radius 3 is 2.25 bits per heavy atom. The number of ether oxygens (including phenoxy) is 1. The summed E-state index contributed by atoms with van der Waals surface area (Å²) in [5, 5.41) is 0.0224. The lowest BCUT2D eigenvalue weighted by Gasteiger charge is -2.12. The molecule has 7 heteroatoms. The Balaban J connectivity index is 1.85. The van der Waals surface area contributed by atoms with Crippen molar-refractivity contribution in [2.24, 2.45) is 0 Å². The first kappa shape index (κ1) is 20.2. The van der Waals surface area contributed by atoms with Gasteiger partial charge in [0, 0.05) is 11.8 Å². The number of halogens is 3. The second-order valence-corrected chi connectivity index (χ2v) is 7.44. The number of thioether (sulfide) groups is 1. The summed E-state index contributed by atoms with van der Waals surface area (Å²) in [6, 6.07) is 13.9. The Morgan fingerprint density at radius 2 is 1.61 bits per heavy atom. The van der Waals surface area contributed by atoms with E-state index in [9.17, 15) is 13.2 Å². The van der Waals surface area contributed by atoms with Gasteiger partial charge in [0.25, 0.3) is 0 Å². The highest BCUT2D eigenvalue weighted by Gasteiger charge is 2.34. The molecule has 0 fully saturated rings. The third kappa shape index (κ3) is 5.25. The quantitative estimate of drug-likeness (QED) is 0.359. The number of alkyl halides is 3. The van der Waals surface area contributed by atoms with Crippen LogP contribution in [0.2, 0.25) is 0 Å². The highest BCUT2D eigenvalue weighted by molar-refractivity contribution is 7.98. The van der Waals surface area contributed by atoms with Crippen molar-refractivity contribution in [3.8, 4) is 11.6 Å². The van der Waals surface area contributed by atoms with Crippen LogP contribution in [0.4, 0.5) is 13.2 Å². The Kier molecular flexibility index (Phi) is 5.93. The van der Waals surface area contributed by atoms with Gasteiger partial charge < -0.3 is 4.74 Å². The number of hydrogen-bond acceptors (Lipinski definition) is 4. The second-order valence-electron chi connectivity index (χ2n) is 6.49. The molecule has 0 unspecified atom stereocenters. The molecular weight excluding hydrogens is 385 g/mol. The fraction of sp³-hybridized carbons (Fsp3) is 0.238. The lowest BCUT2D eigenvalue weighted by atomic mass is 10.1. The van der Waals surface area contributed by atoms with Crippen molar-refractivity contribution >= 4 is 11.8 Å². The van der Waals surface area contributed by atoms with Gasteiger partial charge in [0.2, 0.25) is 5.88 Å². The van der Waals surface area contributed by atoms with Gasteiger partial charge in [0.1, 0.15) is 5.75 Å². The van der Waals surface area contributed by atoms with E-state index in [2.05, 4.69) is 9.97 Å². The highest BCUT2D eigenvalue weighted by atomic mass is 32.2. The molecule has 0 aliphatic rings. The van der Waals surface area contributed by atoms with Crippen molar-refractivity contribution < 1.29 is 17.9 Å². The van der Waals surface area contributed by atoms with E-state index in [4.69, 9.17) is 4.74 Å². The maximum atomic E-state index is 13.3. The molecule has 0 radical (unpaired) electrons. The zero-order valence-electron chi connectivity index (χ0n) is 15.7. The summed E-state index contributed by atoms with van der Waals surface area (Å²) in [6.07, 6.45) is -4.58. The summed E-state index contributed by atoms with van der Waals surface area (Å²) in [4.78, 5) is 7.81. The molecule has 1 heterocycles. The van der Waals surface area contributed by atoms with Crippen LogP contribution in [0.25, 0.3) is 0 Å². The molecule has 3 aromatic rings. The third-order valence-corrected chi connectivity index (χ3v) is 5.08. The van der Waals surface area contributed by atoms with E-state index >= 15 is 0 Å². The summed E-state index contributed by atoms with van der Waals surface area (Å²) in [6.45, 7) is 5.83. The molecule has 0 saturated carbocycles. The molecule has 1 aromatic heterocycles.